The van der Waals surface area contributed by atoms with Crippen LogP contribution in [0.2, 0.25) is 0 Å². The summed E-state index contributed by atoms with van der Waals surface area (Å²) in [5, 5.41) is 7.38. The molecule has 1 amide bonds. The molecule has 1 unspecified atom stereocenters. The summed E-state index contributed by atoms with van der Waals surface area (Å²) in [5.74, 6) is 2.40. The van der Waals surface area contributed by atoms with Crippen molar-refractivity contribution < 1.29 is 9.53 Å². The fraction of sp³-hybridized carbons (Fsp3) is 0.429. The Morgan fingerprint density at radius 3 is 2.77 bits per heavy atom. The van der Waals surface area contributed by atoms with Gasteiger partial charge in [-0.05, 0) is 19.9 Å². The molecular weight excluding hydrogens is 382 g/mol. The molecule has 1 fully saturated rings. The number of piperazine rings is 1. The van der Waals surface area contributed by atoms with Crippen molar-refractivity contribution in [2.75, 3.05) is 44.7 Å². The number of amides is 1. The number of para-hydroxylation sites is 1. The van der Waals surface area contributed by atoms with Gasteiger partial charge in [0.2, 0.25) is 5.91 Å². The monoisotopic (exact) mass is 409 g/mol. The Morgan fingerprint density at radius 2 is 2.00 bits per heavy atom. The number of benzene rings is 1. The first-order chi connectivity index (χ1) is 14.5. The van der Waals surface area contributed by atoms with Crippen LogP contribution in [0.25, 0.3) is 5.78 Å². The number of nitrogens with zero attached hydrogens (tertiary/aromatic N) is 6. The Morgan fingerprint density at radius 1 is 1.23 bits per heavy atom. The van der Waals surface area contributed by atoms with Gasteiger partial charge < -0.3 is 15.0 Å². The van der Waals surface area contributed by atoms with E-state index in [0.29, 0.717) is 12.3 Å². The molecule has 1 saturated heterocycles. The number of ether oxygens (including phenoxy) is 1. The van der Waals surface area contributed by atoms with Crippen molar-refractivity contribution in [3.8, 4) is 5.75 Å². The Hall–Kier alpha value is -3.20. The zero-order valence-electron chi connectivity index (χ0n) is 17.6. The second kappa shape index (κ2) is 8.66. The highest BCUT2D eigenvalue weighted by molar-refractivity contribution is 5.78. The number of nitrogens with one attached hydrogen (secondary N) is 1. The van der Waals surface area contributed by atoms with Crippen molar-refractivity contribution >= 4 is 17.5 Å². The molecule has 3 aromatic rings. The number of aryl methyl sites for hydroxylation is 1. The number of carbonyl (C=O) groups is 1. The highest BCUT2D eigenvalue weighted by Crippen LogP contribution is 2.24. The molecule has 0 radical (unpaired) electrons. The fourth-order valence-electron chi connectivity index (χ4n) is 3.86. The van der Waals surface area contributed by atoms with Gasteiger partial charge in [0.1, 0.15) is 17.9 Å². The van der Waals surface area contributed by atoms with Gasteiger partial charge in [-0.15, -0.1) is 0 Å². The summed E-state index contributed by atoms with van der Waals surface area (Å²) in [4.78, 5) is 25.6. The lowest BCUT2D eigenvalue weighted by atomic mass is 10.1. The predicted octanol–water partition coefficient (Wildman–Crippen LogP) is 1.44. The van der Waals surface area contributed by atoms with Gasteiger partial charge in [0.15, 0.2) is 0 Å². The standard InChI is InChI=1S/C21H27N7O2/c1-15-12-20(28-21(24-15)22-14-23-28)27-10-8-26(9-11-27)13-19(29)25-16(2)17-6-4-5-7-18(17)30-3/h4-7,12,14,16H,8-11,13H2,1-3H3,(H,25,29). The molecule has 1 N–H and O–H groups in total. The molecule has 2 aromatic heterocycles. The van der Waals surface area contributed by atoms with Gasteiger partial charge in [-0.25, -0.2) is 4.98 Å². The summed E-state index contributed by atoms with van der Waals surface area (Å²) in [7, 11) is 1.64. The van der Waals surface area contributed by atoms with Crippen molar-refractivity contribution in [3.63, 3.8) is 0 Å². The molecule has 1 aliphatic rings. The van der Waals surface area contributed by atoms with Crippen molar-refractivity contribution in [2.24, 2.45) is 0 Å². The zero-order chi connectivity index (χ0) is 21.1. The van der Waals surface area contributed by atoms with E-state index in [4.69, 9.17) is 4.74 Å². The van der Waals surface area contributed by atoms with Gasteiger partial charge in [-0.1, -0.05) is 18.2 Å². The molecule has 9 nitrogen and oxygen atoms in total. The highest BCUT2D eigenvalue weighted by Gasteiger charge is 2.22. The summed E-state index contributed by atoms with van der Waals surface area (Å²) in [6, 6.07) is 9.67. The maximum Gasteiger partial charge on any atom is 0.254 e. The number of aromatic nitrogens is 4. The molecule has 1 atom stereocenters. The van der Waals surface area contributed by atoms with Gasteiger partial charge in [0.25, 0.3) is 5.78 Å². The van der Waals surface area contributed by atoms with Crippen LogP contribution in [0.15, 0.2) is 36.7 Å². The van der Waals surface area contributed by atoms with Crippen LogP contribution >= 0.6 is 0 Å². The molecule has 4 rings (SSSR count). The molecule has 9 heteroatoms. The van der Waals surface area contributed by atoms with Crippen LogP contribution in [0, 0.1) is 6.92 Å². The number of anilines is 1. The van der Waals surface area contributed by atoms with Crippen LogP contribution in [0.5, 0.6) is 5.75 Å². The van der Waals surface area contributed by atoms with Crippen molar-refractivity contribution in [2.45, 2.75) is 19.9 Å². The number of carbonyl (C=O) groups excluding carboxylic acids is 1. The van der Waals surface area contributed by atoms with E-state index in [1.165, 1.54) is 6.33 Å². The molecule has 0 saturated carbocycles. The maximum absolute atomic E-state index is 12.6. The van der Waals surface area contributed by atoms with Crippen LogP contribution in [-0.2, 0) is 4.79 Å². The van der Waals surface area contributed by atoms with Crippen molar-refractivity contribution in [1.82, 2.24) is 29.8 Å². The van der Waals surface area contributed by atoms with Crippen LogP contribution in [0.4, 0.5) is 5.82 Å². The molecule has 1 aromatic carbocycles. The third-order valence-corrected chi connectivity index (χ3v) is 5.41. The predicted molar refractivity (Wildman–Crippen MR) is 114 cm³/mol. The molecule has 0 bridgehead atoms. The average molecular weight is 409 g/mol. The highest BCUT2D eigenvalue weighted by atomic mass is 16.5. The van der Waals surface area contributed by atoms with Gasteiger partial charge in [-0.2, -0.15) is 14.6 Å². The first kappa shape index (κ1) is 20.1. The van der Waals surface area contributed by atoms with Crippen LogP contribution in [0.1, 0.15) is 24.2 Å². The summed E-state index contributed by atoms with van der Waals surface area (Å²) >= 11 is 0. The van der Waals surface area contributed by atoms with Crippen molar-refractivity contribution in [3.05, 3.63) is 47.9 Å². The maximum atomic E-state index is 12.6. The molecular formula is C21H27N7O2. The quantitative estimate of drug-likeness (QED) is 0.659. The van der Waals surface area contributed by atoms with Gasteiger partial charge in [-0.3, -0.25) is 9.69 Å². The molecule has 158 valence electrons. The molecule has 30 heavy (non-hydrogen) atoms. The zero-order valence-corrected chi connectivity index (χ0v) is 17.6. The first-order valence-electron chi connectivity index (χ1n) is 10.1. The van der Waals surface area contributed by atoms with E-state index in [9.17, 15) is 4.79 Å². The fourth-order valence-corrected chi connectivity index (χ4v) is 3.86. The largest absolute Gasteiger partial charge is 0.496 e. The summed E-state index contributed by atoms with van der Waals surface area (Å²) in [5.41, 5.74) is 1.89. The molecule has 1 aliphatic heterocycles. The minimum absolute atomic E-state index is 0.0141. The number of hydrogen-bond donors (Lipinski definition) is 1. The van der Waals surface area contributed by atoms with Gasteiger partial charge >= 0.3 is 0 Å². The van der Waals surface area contributed by atoms with E-state index in [1.54, 1.807) is 11.6 Å². The second-order valence-electron chi connectivity index (χ2n) is 7.52. The minimum Gasteiger partial charge on any atom is -0.496 e. The average Bonchev–Trinajstić information content (AvgIpc) is 3.22. The van der Waals surface area contributed by atoms with E-state index in [0.717, 1.165) is 49.0 Å². The van der Waals surface area contributed by atoms with Crippen LogP contribution < -0.4 is 15.0 Å². The Labute approximate surface area is 175 Å². The molecule has 3 heterocycles. The Balaban J connectivity index is 1.33. The Kier molecular flexibility index (Phi) is 5.80. The summed E-state index contributed by atoms with van der Waals surface area (Å²) < 4.78 is 7.17. The lowest BCUT2D eigenvalue weighted by Gasteiger charge is -2.35. The van der Waals surface area contributed by atoms with Gasteiger partial charge in [0, 0.05) is 43.5 Å². The first-order valence-corrected chi connectivity index (χ1v) is 10.1. The van der Waals surface area contributed by atoms with E-state index in [-0.39, 0.29) is 11.9 Å². The third kappa shape index (κ3) is 4.20. The minimum atomic E-state index is -0.115. The smallest absolute Gasteiger partial charge is 0.254 e. The normalized spacial score (nSPS) is 15.9. The number of fused-ring (bicyclic) bond motifs is 1. The SMILES string of the molecule is COc1ccccc1C(C)NC(=O)CN1CCN(c2cc(C)nc3ncnn23)CC1. The lowest BCUT2D eigenvalue weighted by molar-refractivity contribution is -0.123. The van der Waals surface area contributed by atoms with Crippen LogP contribution in [-0.4, -0.2) is 70.2 Å². The topological polar surface area (TPSA) is 87.9 Å². The Bertz CT molecular complexity index is 1030. The van der Waals surface area contributed by atoms with Crippen molar-refractivity contribution in [1.29, 1.82) is 0 Å². The second-order valence-corrected chi connectivity index (χ2v) is 7.52. The van der Waals surface area contributed by atoms with E-state index in [1.807, 2.05) is 44.2 Å². The number of hydrogen-bond acceptors (Lipinski definition) is 7. The number of methoxy groups -OCH3 is 1. The van der Waals surface area contributed by atoms with E-state index < -0.39 is 0 Å². The summed E-state index contributed by atoms with van der Waals surface area (Å²) in [6.07, 6.45) is 1.52. The third-order valence-electron chi connectivity index (χ3n) is 5.41. The lowest BCUT2D eigenvalue weighted by Crippen LogP contribution is -2.50. The van der Waals surface area contributed by atoms with E-state index >= 15 is 0 Å². The van der Waals surface area contributed by atoms with Crippen LogP contribution in [0.3, 0.4) is 0 Å². The molecule has 0 spiro atoms. The molecule has 0 aliphatic carbocycles. The van der Waals surface area contributed by atoms with Gasteiger partial charge in [0.05, 0.1) is 19.7 Å². The van der Waals surface area contributed by atoms with E-state index in [2.05, 4.69) is 30.2 Å². The number of rotatable bonds is 6. The summed E-state index contributed by atoms with van der Waals surface area (Å²) in [6.45, 7) is 7.54.